The van der Waals surface area contributed by atoms with Crippen LogP contribution in [0, 0.1) is 0 Å². The van der Waals surface area contributed by atoms with Crippen molar-refractivity contribution in [1.82, 2.24) is 0 Å². The van der Waals surface area contributed by atoms with Crippen molar-refractivity contribution in [3.8, 4) is 5.75 Å². The minimum atomic E-state index is -4.36. The van der Waals surface area contributed by atoms with Crippen LogP contribution in [0.1, 0.15) is 18.1 Å². The van der Waals surface area contributed by atoms with Gasteiger partial charge >= 0.3 is 6.18 Å². The average Bonchev–Trinajstić information content (AvgIpc) is 2.33. The molecule has 1 rings (SSSR count). The van der Waals surface area contributed by atoms with Gasteiger partial charge in [-0.2, -0.15) is 13.2 Å². The van der Waals surface area contributed by atoms with E-state index in [1.54, 1.807) is 12.1 Å². The fourth-order valence-electron chi connectivity index (χ4n) is 1.50. The molecular weight excluding hydrogens is 285 g/mol. The third-order valence-corrected chi connectivity index (χ3v) is 2.59. The van der Waals surface area contributed by atoms with Crippen LogP contribution in [0.3, 0.4) is 0 Å². The van der Waals surface area contributed by atoms with Crippen LogP contribution >= 0.6 is 11.6 Å². The lowest BCUT2D eigenvalue weighted by Crippen LogP contribution is -2.18. The lowest BCUT2D eigenvalue weighted by atomic mass is 10.1. The van der Waals surface area contributed by atoms with E-state index in [1.807, 2.05) is 0 Å². The molecule has 1 unspecified atom stereocenters. The van der Waals surface area contributed by atoms with Crippen LogP contribution in [-0.2, 0) is 4.74 Å². The number of hydrogen-bond acceptors (Lipinski definition) is 3. The Kier molecular flexibility index (Phi) is 5.90. The van der Waals surface area contributed by atoms with Gasteiger partial charge in [-0.05, 0) is 18.2 Å². The summed E-state index contributed by atoms with van der Waals surface area (Å²) in [4.78, 5) is 0. The van der Waals surface area contributed by atoms with Gasteiger partial charge in [0.2, 0.25) is 0 Å². The predicted octanol–water partition coefficient (Wildman–Crippen LogP) is 3.35. The lowest BCUT2D eigenvalue weighted by molar-refractivity contribution is -0.175. The van der Waals surface area contributed by atoms with Crippen molar-refractivity contribution in [3.63, 3.8) is 0 Å². The van der Waals surface area contributed by atoms with E-state index in [0.29, 0.717) is 16.3 Å². The molecule has 0 heterocycles. The van der Waals surface area contributed by atoms with Gasteiger partial charge in [-0.1, -0.05) is 11.6 Å². The molecule has 0 radical (unpaired) electrons. The number of halogens is 4. The monoisotopic (exact) mass is 298 g/mol. The highest BCUT2D eigenvalue weighted by Gasteiger charge is 2.27. The first-order valence-electron chi connectivity index (χ1n) is 5.49. The first-order chi connectivity index (χ1) is 8.83. The maximum absolute atomic E-state index is 11.8. The van der Waals surface area contributed by atoms with Gasteiger partial charge in [-0.25, -0.2) is 0 Å². The molecule has 7 heteroatoms. The molecule has 1 atom stereocenters. The number of aliphatic hydroxyl groups is 1. The zero-order valence-electron chi connectivity index (χ0n) is 10.2. The first-order valence-corrected chi connectivity index (χ1v) is 5.87. The van der Waals surface area contributed by atoms with E-state index in [0.717, 1.165) is 0 Å². The topological polar surface area (TPSA) is 38.7 Å². The van der Waals surface area contributed by atoms with Gasteiger partial charge in [0.1, 0.15) is 12.4 Å². The van der Waals surface area contributed by atoms with E-state index in [9.17, 15) is 18.3 Å². The zero-order valence-corrected chi connectivity index (χ0v) is 11.0. The third-order valence-electron chi connectivity index (χ3n) is 2.35. The Morgan fingerprint density at radius 2 is 2.05 bits per heavy atom. The van der Waals surface area contributed by atoms with Gasteiger partial charge < -0.3 is 14.6 Å². The van der Waals surface area contributed by atoms with Crippen LogP contribution in [0.15, 0.2) is 18.2 Å². The summed E-state index contributed by atoms with van der Waals surface area (Å²) in [5, 5.41) is 10.3. The second-order valence-electron chi connectivity index (χ2n) is 3.86. The Labute approximate surface area is 113 Å². The molecule has 1 N–H and O–H groups in total. The highest BCUT2D eigenvalue weighted by Crippen LogP contribution is 2.30. The summed E-state index contributed by atoms with van der Waals surface area (Å²) in [6, 6.07) is 4.68. The molecular formula is C12H14ClF3O3. The van der Waals surface area contributed by atoms with Gasteiger partial charge in [-0.15, -0.1) is 0 Å². The van der Waals surface area contributed by atoms with Crippen LogP contribution < -0.4 is 4.74 Å². The smallest absolute Gasteiger partial charge is 0.411 e. The Balaban J connectivity index is 2.53. The molecule has 3 nitrogen and oxygen atoms in total. The summed E-state index contributed by atoms with van der Waals surface area (Å²) in [7, 11) is 1.43. The standard InChI is InChI=1S/C12H14ClF3O3/c1-18-11-3-2-8(13)6-9(11)10(17)4-5-19-7-12(14,15)16/h2-3,6,10,17H,4-5,7H2,1H3. The second-order valence-corrected chi connectivity index (χ2v) is 4.29. The van der Waals surface area contributed by atoms with Crippen molar-refractivity contribution >= 4 is 11.6 Å². The fourth-order valence-corrected chi connectivity index (χ4v) is 1.68. The first kappa shape index (κ1) is 16.1. The van der Waals surface area contributed by atoms with Crippen LogP contribution in [0.25, 0.3) is 0 Å². The normalized spacial score (nSPS) is 13.4. The lowest BCUT2D eigenvalue weighted by Gasteiger charge is -2.15. The summed E-state index contributed by atoms with van der Waals surface area (Å²) in [5.74, 6) is 0.424. The SMILES string of the molecule is COc1ccc(Cl)cc1C(O)CCOCC(F)(F)F. The summed E-state index contributed by atoms with van der Waals surface area (Å²) in [6.45, 7) is -1.54. The summed E-state index contributed by atoms with van der Waals surface area (Å²) < 4.78 is 45.0. The highest BCUT2D eigenvalue weighted by molar-refractivity contribution is 6.30. The maximum atomic E-state index is 11.8. The quantitative estimate of drug-likeness (QED) is 0.819. The largest absolute Gasteiger partial charge is 0.496 e. The zero-order chi connectivity index (χ0) is 14.5. The molecule has 0 amide bonds. The number of benzene rings is 1. The van der Waals surface area contributed by atoms with E-state index in [2.05, 4.69) is 4.74 Å². The van der Waals surface area contributed by atoms with Gasteiger partial charge in [0.05, 0.1) is 13.2 Å². The van der Waals surface area contributed by atoms with E-state index in [4.69, 9.17) is 16.3 Å². The Hall–Kier alpha value is -0.980. The third kappa shape index (κ3) is 5.67. The van der Waals surface area contributed by atoms with E-state index in [1.165, 1.54) is 13.2 Å². The van der Waals surface area contributed by atoms with Gasteiger partial charge in [0.25, 0.3) is 0 Å². The summed E-state index contributed by atoms with van der Waals surface area (Å²) in [5.41, 5.74) is 0.422. The number of aliphatic hydroxyl groups excluding tert-OH is 1. The number of methoxy groups -OCH3 is 1. The predicted molar refractivity (Wildman–Crippen MR) is 64.5 cm³/mol. The molecule has 0 aliphatic carbocycles. The Morgan fingerprint density at radius 3 is 2.63 bits per heavy atom. The van der Waals surface area contributed by atoms with Crippen LogP contribution in [0.5, 0.6) is 5.75 Å². The van der Waals surface area contributed by atoms with Crippen molar-refractivity contribution in [3.05, 3.63) is 28.8 Å². The number of rotatable bonds is 6. The number of hydrogen-bond donors (Lipinski definition) is 1. The van der Waals surface area contributed by atoms with Crippen molar-refractivity contribution in [1.29, 1.82) is 0 Å². The number of alkyl halides is 3. The molecule has 0 saturated heterocycles. The fraction of sp³-hybridized carbons (Fsp3) is 0.500. The molecule has 0 fully saturated rings. The van der Waals surface area contributed by atoms with Crippen molar-refractivity contribution in [2.45, 2.75) is 18.7 Å². The maximum Gasteiger partial charge on any atom is 0.411 e. The highest BCUT2D eigenvalue weighted by atomic mass is 35.5. The van der Waals surface area contributed by atoms with Gasteiger partial charge in [0.15, 0.2) is 0 Å². The second kappa shape index (κ2) is 6.98. The molecule has 0 saturated carbocycles. The molecule has 0 aliphatic heterocycles. The molecule has 108 valence electrons. The molecule has 0 bridgehead atoms. The minimum absolute atomic E-state index is 0.0206. The average molecular weight is 299 g/mol. The van der Waals surface area contributed by atoms with Gasteiger partial charge in [0, 0.05) is 23.6 Å². The molecule has 0 spiro atoms. The van der Waals surface area contributed by atoms with Crippen molar-refractivity contribution in [2.75, 3.05) is 20.3 Å². The van der Waals surface area contributed by atoms with Crippen molar-refractivity contribution in [2.24, 2.45) is 0 Å². The van der Waals surface area contributed by atoms with Crippen LogP contribution in [0.2, 0.25) is 5.02 Å². The minimum Gasteiger partial charge on any atom is -0.496 e. The summed E-state index contributed by atoms with van der Waals surface area (Å²) in [6.07, 6.45) is -5.34. The van der Waals surface area contributed by atoms with E-state index in [-0.39, 0.29) is 13.0 Å². The van der Waals surface area contributed by atoms with Crippen LogP contribution in [-0.4, -0.2) is 31.6 Å². The molecule has 0 aromatic heterocycles. The van der Waals surface area contributed by atoms with Crippen molar-refractivity contribution < 1.29 is 27.8 Å². The molecule has 1 aromatic carbocycles. The molecule has 1 aromatic rings. The van der Waals surface area contributed by atoms with Gasteiger partial charge in [-0.3, -0.25) is 0 Å². The van der Waals surface area contributed by atoms with E-state index < -0.39 is 18.9 Å². The Morgan fingerprint density at radius 1 is 1.37 bits per heavy atom. The molecule has 19 heavy (non-hydrogen) atoms. The number of ether oxygens (including phenoxy) is 2. The van der Waals surface area contributed by atoms with Crippen LogP contribution in [0.4, 0.5) is 13.2 Å². The Bertz CT molecular complexity index is 410. The van der Waals surface area contributed by atoms with E-state index >= 15 is 0 Å². The summed E-state index contributed by atoms with van der Waals surface area (Å²) >= 11 is 5.79. The molecule has 0 aliphatic rings.